The van der Waals surface area contributed by atoms with Gasteiger partial charge in [0.2, 0.25) is 0 Å². The highest BCUT2D eigenvalue weighted by molar-refractivity contribution is 5.86. The van der Waals surface area contributed by atoms with Crippen LogP contribution in [0.3, 0.4) is 0 Å². The second-order valence-corrected chi connectivity index (χ2v) is 5.64. The average molecular weight is 345 g/mol. The molecular weight excluding hydrogens is 325 g/mol. The zero-order valence-electron chi connectivity index (χ0n) is 14.3. The standard InChI is InChI=1S/C19H20FNO4/c1-13(22)25-15-10-8-14(9-11-15)12-21-18(23)19(2,24-3)16-6-4-5-7-17(16)20/h4-11H,12H2,1-3H3,(H,21,23)/t19-/m1/s1. The molecule has 0 unspecified atom stereocenters. The Bertz CT molecular complexity index is 760. The highest BCUT2D eigenvalue weighted by Gasteiger charge is 2.37. The molecule has 6 heteroatoms. The Kier molecular flexibility index (Phi) is 5.88. The van der Waals surface area contributed by atoms with E-state index >= 15 is 0 Å². The number of esters is 1. The minimum absolute atomic E-state index is 0.167. The fourth-order valence-electron chi connectivity index (χ4n) is 2.37. The lowest BCUT2D eigenvalue weighted by molar-refractivity contribution is -0.143. The van der Waals surface area contributed by atoms with Crippen molar-refractivity contribution in [2.24, 2.45) is 0 Å². The third-order valence-electron chi connectivity index (χ3n) is 3.87. The molecule has 0 heterocycles. The minimum Gasteiger partial charge on any atom is -0.427 e. The number of nitrogens with one attached hydrogen (secondary N) is 1. The Labute approximate surface area is 145 Å². The lowest BCUT2D eigenvalue weighted by Gasteiger charge is -2.27. The second kappa shape index (κ2) is 7.90. The molecule has 0 aromatic heterocycles. The van der Waals surface area contributed by atoms with E-state index in [1.807, 2.05) is 0 Å². The molecule has 132 valence electrons. The fraction of sp³-hybridized carbons (Fsp3) is 0.263. The first kappa shape index (κ1) is 18.6. The first-order chi connectivity index (χ1) is 11.9. The number of hydrogen-bond acceptors (Lipinski definition) is 4. The molecule has 0 saturated carbocycles. The van der Waals surface area contributed by atoms with Crippen LogP contribution in [0.2, 0.25) is 0 Å². The fourth-order valence-corrected chi connectivity index (χ4v) is 2.37. The van der Waals surface area contributed by atoms with Gasteiger partial charge in [0.25, 0.3) is 5.91 Å². The molecule has 1 atom stereocenters. The van der Waals surface area contributed by atoms with Crippen molar-refractivity contribution in [1.29, 1.82) is 0 Å². The normalized spacial score (nSPS) is 13.0. The van der Waals surface area contributed by atoms with Gasteiger partial charge in [0.1, 0.15) is 11.6 Å². The van der Waals surface area contributed by atoms with E-state index in [2.05, 4.69) is 5.32 Å². The predicted molar refractivity (Wildman–Crippen MR) is 90.4 cm³/mol. The summed E-state index contributed by atoms with van der Waals surface area (Å²) in [6, 6.07) is 12.7. The van der Waals surface area contributed by atoms with Crippen molar-refractivity contribution in [3.05, 3.63) is 65.5 Å². The number of halogens is 1. The molecule has 0 spiro atoms. The highest BCUT2D eigenvalue weighted by Crippen LogP contribution is 2.27. The summed E-state index contributed by atoms with van der Waals surface area (Å²) >= 11 is 0. The maximum Gasteiger partial charge on any atom is 0.308 e. The maximum atomic E-state index is 14.0. The quantitative estimate of drug-likeness (QED) is 0.646. The molecule has 1 amide bonds. The molecule has 0 aliphatic carbocycles. The largest absolute Gasteiger partial charge is 0.427 e. The van der Waals surface area contributed by atoms with Crippen LogP contribution in [0.5, 0.6) is 5.75 Å². The summed E-state index contributed by atoms with van der Waals surface area (Å²) in [6.45, 7) is 3.07. The van der Waals surface area contributed by atoms with Gasteiger partial charge in [-0.1, -0.05) is 30.3 Å². The molecule has 0 saturated heterocycles. The van der Waals surface area contributed by atoms with Crippen LogP contribution in [0, 0.1) is 5.82 Å². The van der Waals surface area contributed by atoms with Gasteiger partial charge in [-0.2, -0.15) is 0 Å². The summed E-state index contributed by atoms with van der Waals surface area (Å²) in [5.74, 6) is -0.936. The Morgan fingerprint density at radius 2 is 1.76 bits per heavy atom. The summed E-state index contributed by atoms with van der Waals surface area (Å²) in [4.78, 5) is 23.5. The van der Waals surface area contributed by atoms with E-state index in [1.165, 1.54) is 33.1 Å². The van der Waals surface area contributed by atoms with Crippen molar-refractivity contribution >= 4 is 11.9 Å². The van der Waals surface area contributed by atoms with Crippen LogP contribution >= 0.6 is 0 Å². The maximum absolute atomic E-state index is 14.0. The van der Waals surface area contributed by atoms with Crippen molar-refractivity contribution < 1.29 is 23.5 Å². The van der Waals surface area contributed by atoms with Crippen molar-refractivity contribution in [3.63, 3.8) is 0 Å². The minimum atomic E-state index is -1.44. The Hall–Kier alpha value is -2.73. The number of methoxy groups -OCH3 is 1. The number of ether oxygens (including phenoxy) is 2. The average Bonchev–Trinajstić information content (AvgIpc) is 2.60. The molecule has 5 nitrogen and oxygen atoms in total. The van der Waals surface area contributed by atoms with Gasteiger partial charge >= 0.3 is 5.97 Å². The molecule has 25 heavy (non-hydrogen) atoms. The number of carbonyl (C=O) groups is 2. The second-order valence-electron chi connectivity index (χ2n) is 5.64. The monoisotopic (exact) mass is 345 g/mol. The first-order valence-corrected chi connectivity index (χ1v) is 7.72. The summed E-state index contributed by atoms with van der Waals surface area (Å²) in [5, 5.41) is 2.74. The molecule has 0 aliphatic heterocycles. The van der Waals surface area contributed by atoms with E-state index in [-0.39, 0.29) is 12.1 Å². The Balaban J connectivity index is 2.07. The van der Waals surface area contributed by atoms with Gasteiger partial charge in [0, 0.05) is 26.1 Å². The molecule has 2 rings (SSSR count). The van der Waals surface area contributed by atoms with Crippen LogP contribution in [0.25, 0.3) is 0 Å². The molecule has 1 N–H and O–H groups in total. The van der Waals surface area contributed by atoms with Gasteiger partial charge in [-0.3, -0.25) is 9.59 Å². The summed E-state index contributed by atoms with van der Waals surface area (Å²) in [6.07, 6.45) is 0. The number of amides is 1. The molecule has 2 aromatic carbocycles. The number of hydrogen-bond donors (Lipinski definition) is 1. The van der Waals surface area contributed by atoms with Crippen LogP contribution in [0.15, 0.2) is 48.5 Å². The van der Waals surface area contributed by atoms with Gasteiger partial charge in [0.05, 0.1) is 0 Å². The highest BCUT2D eigenvalue weighted by atomic mass is 19.1. The van der Waals surface area contributed by atoms with E-state index in [4.69, 9.17) is 9.47 Å². The summed E-state index contributed by atoms with van der Waals surface area (Å²) in [5.41, 5.74) is -0.473. The van der Waals surface area contributed by atoms with Crippen molar-refractivity contribution in [2.45, 2.75) is 26.0 Å². The van der Waals surface area contributed by atoms with Gasteiger partial charge in [-0.05, 0) is 30.7 Å². The van der Waals surface area contributed by atoms with Gasteiger partial charge < -0.3 is 14.8 Å². The molecule has 0 aliphatic rings. The van der Waals surface area contributed by atoms with Gasteiger partial charge in [-0.25, -0.2) is 4.39 Å². The van der Waals surface area contributed by atoms with Crippen LogP contribution in [0.1, 0.15) is 25.0 Å². The van der Waals surface area contributed by atoms with E-state index < -0.39 is 23.3 Å². The van der Waals surface area contributed by atoms with Crippen LogP contribution in [-0.2, 0) is 26.5 Å². The first-order valence-electron chi connectivity index (χ1n) is 7.72. The predicted octanol–water partition coefficient (Wildman–Crippen LogP) is 2.93. The molecule has 2 aromatic rings. The SMILES string of the molecule is CO[C@@](C)(C(=O)NCc1ccc(OC(C)=O)cc1)c1ccccc1F. The van der Waals surface area contributed by atoms with E-state index in [1.54, 1.807) is 36.4 Å². The third kappa shape index (κ3) is 4.42. The zero-order chi connectivity index (χ0) is 18.4. The van der Waals surface area contributed by atoms with Crippen LogP contribution in [-0.4, -0.2) is 19.0 Å². The van der Waals surface area contributed by atoms with Gasteiger partial charge in [0.15, 0.2) is 5.60 Å². The Morgan fingerprint density at radius 3 is 2.32 bits per heavy atom. The Morgan fingerprint density at radius 1 is 1.12 bits per heavy atom. The number of rotatable bonds is 6. The molecular formula is C19H20FNO4. The van der Waals surface area contributed by atoms with E-state index in [0.717, 1.165) is 5.56 Å². The lowest BCUT2D eigenvalue weighted by atomic mass is 9.94. The van der Waals surface area contributed by atoms with E-state index in [9.17, 15) is 14.0 Å². The van der Waals surface area contributed by atoms with Crippen molar-refractivity contribution in [3.8, 4) is 5.75 Å². The summed E-state index contributed by atoms with van der Waals surface area (Å²) < 4.78 is 24.3. The summed E-state index contributed by atoms with van der Waals surface area (Å²) in [7, 11) is 1.36. The molecule has 0 bridgehead atoms. The van der Waals surface area contributed by atoms with Gasteiger partial charge in [-0.15, -0.1) is 0 Å². The van der Waals surface area contributed by atoms with E-state index in [0.29, 0.717) is 5.75 Å². The van der Waals surface area contributed by atoms with Crippen molar-refractivity contribution in [1.82, 2.24) is 5.32 Å². The van der Waals surface area contributed by atoms with Crippen LogP contribution in [0.4, 0.5) is 4.39 Å². The molecule has 0 radical (unpaired) electrons. The molecule has 0 fully saturated rings. The zero-order valence-corrected chi connectivity index (χ0v) is 14.3. The number of benzene rings is 2. The van der Waals surface area contributed by atoms with Crippen molar-refractivity contribution in [2.75, 3.05) is 7.11 Å². The third-order valence-corrected chi connectivity index (χ3v) is 3.87. The van der Waals surface area contributed by atoms with Crippen LogP contribution < -0.4 is 10.1 Å². The topological polar surface area (TPSA) is 64.6 Å². The smallest absolute Gasteiger partial charge is 0.308 e. The lowest BCUT2D eigenvalue weighted by Crippen LogP contribution is -2.44. The number of carbonyl (C=O) groups excluding carboxylic acids is 2.